The molecule has 1 N–H and O–H groups in total. The van der Waals surface area contributed by atoms with Gasteiger partial charge in [0, 0.05) is 6.20 Å². The first-order chi connectivity index (χ1) is 3.93. The highest BCUT2D eigenvalue weighted by Crippen LogP contribution is 2.11. The maximum atomic E-state index is 6.80. The van der Waals surface area contributed by atoms with E-state index in [4.69, 9.17) is 5.14 Å². The van der Waals surface area contributed by atoms with Crippen LogP contribution >= 0.6 is 11.9 Å². The van der Waals surface area contributed by atoms with Crippen LogP contribution in [0.15, 0.2) is 29.4 Å². The third-order valence-corrected chi connectivity index (χ3v) is 1.19. The molecule has 0 saturated carbocycles. The van der Waals surface area contributed by atoms with Gasteiger partial charge < -0.3 is 5.14 Å². The van der Waals surface area contributed by atoms with Crippen molar-refractivity contribution >= 4 is 11.9 Å². The molecule has 0 aliphatic carbocycles. The first-order valence-electron chi connectivity index (χ1n) is 2.18. The maximum absolute atomic E-state index is 6.80. The van der Waals surface area contributed by atoms with Crippen molar-refractivity contribution in [2.45, 2.75) is 5.03 Å². The molecule has 0 aliphatic heterocycles. The van der Waals surface area contributed by atoms with E-state index in [9.17, 15) is 0 Å². The van der Waals surface area contributed by atoms with E-state index in [0.717, 1.165) is 17.0 Å². The number of pyridine rings is 1. The quantitative estimate of drug-likeness (QED) is 0.539. The first-order valence-corrected chi connectivity index (χ1v) is 3.00. The second-order valence-electron chi connectivity index (χ2n) is 1.27. The summed E-state index contributed by atoms with van der Waals surface area (Å²) < 4.78 is 0. The molecule has 0 radical (unpaired) electrons. The number of hydrogen-bond acceptors (Lipinski definition) is 2. The van der Waals surface area contributed by atoms with Gasteiger partial charge in [-0.3, -0.25) is 4.98 Å². The summed E-state index contributed by atoms with van der Waals surface area (Å²) in [7, 11) is 0. The predicted octanol–water partition coefficient (Wildman–Crippen LogP) is 2.14. The Balaban J connectivity index is 2.83. The molecule has 1 rings (SSSR count). The zero-order valence-corrected chi connectivity index (χ0v) is 4.98. The van der Waals surface area contributed by atoms with Crippen LogP contribution in [-0.4, -0.2) is 4.98 Å². The normalized spacial score (nSPS) is 9.12. The standard InChI is InChI=1S/C5H5N2S/c6-8-5-3-1-2-4-7-5/h1-4,6H/q-1. The summed E-state index contributed by atoms with van der Waals surface area (Å²) in [4.78, 5) is 3.87. The van der Waals surface area contributed by atoms with Crippen molar-refractivity contribution in [1.29, 1.82) is 0 Å². The lowest BCUT2D eigenvalue weighted by molar-refractivity contribution is 1.14. The van der Waals surface area contributed by atoms with Crippen LogP contribution in [0.1, 0.15) is 0 Å². The van der Waals surface area contributed by atoms with Gasteiger partial charge in [0.25, 0.3) is 0 Å². The van der Waals surface area contributed by atoms with Gasteiger partial charge in [-0.25, -0.2) is 11.9 Å². The lowest BCUT2D eigenvalue weighted by Crippen LogP contribution is -1.70. The van der Waals surface area contributed by atoms with Gasteiger partial charge in [0.05, 0.1) is 5.03 Å². The number of aromatic nitrogens is 1. The first kappa shape index (κ1) is 5.59. The summed E-state index contributed by atoms with van der Waals surface area (Å²) >= 11 is 0.908. The SMILES string of the molecule is [NH-]Sc1ccccn1. The summed E-state index contributed by atoms with van der Waals surface area (Å²) in [5.41, 5.74) is 0. The van der Waals surface area contributed by atoms with Crippen molar-refractivity contribution in [2.24, 2.45) is 0 Å². The average molecular weight is 125 g/mol. The summed E-state index contributed by atoms with van der Waals surface area (Å²) in [5.74, 6) is 0. The molecule has 1 aromatic rings. The molecule has 1 aromatic heterocycles. The molecule has 1 heterocycles. The topological polar surface area (TPSA) is 36.7 Å². The molecular formula is C5H5N2S-. The van der Waals surface area contributed by atoms with Crippen molar-refractivity contribution in [2.75, 3.05) is 0 Å². The largest absolute Gasteiger partial charge is 0.616 e. The lowest BCUT2D eigenvalue weighted by atomic mass is 10.5. The van der Waals surface area contributed by atoms with Crippen LogP contribution in [0.2, 0.25) is 0 Å². The summed E-state index contributed by atoms with van der Waals surface area (Å²) in [5, 5.41) is 7.54. The third kappa shape index (κ3) is 1.21. The van der Waals surface area contributed by atoms with Crippen LogP contribution in [0.4, 0.5) is 0 Å². The van der Waals surface area contributed by atoms with E-state index in [0.29, 0.717) is 0 Å². The highest BCUT2D eigenvalue weighted by Gasteiger charge is 1.77. The smallest absolute Gasteiger partial charge is 0.0757 e. The number of rotatable bonds is 1. The Labute approximate surface area is 52.2 Å². The van der Waals surface area contributed by atoms with Gasteiger partial charge in [-0.05, 0) is 12.1 Å². The van der Waals surface area contributed by atoms with Gasteiger partial charge in [-0.2, -0.15) is 0 Å². The van der Waals surface area contributed by atoms with E-state index in [1.165, 1.54) is 0 Å². The van der Waals surface area contributed by atoms with Crippen LogP contribution in [0.25, 0.3) is 5.14 Å². The fourth-order valence-corrected chi connectivity index (χ4v) is 0.668. The molecule has 0 amide bonds. The van der Waals surface area contributed by atoms with Gasteiger partial charge >= 0.3 is 0 Å². The summed E-state index contributed by atoms with van der Waals surface area (Å²) in [6, 6.07) is 5.50. The summed E-state index contributed by atoms with van der Waals surface area (Å²) in [6.07, 6.45) is 1.68. The summed E-state index contributed by atoms with van der Waals surface area (Å²) in [6.45, 7) is 0. The Bertz CT molecular complexity index is 152. The highest BCUT2D eigenvalue weighted by molar-refractivity contribution is 8.00. The van der Waals surface area contributed by atoms with E-state index >= 15 is 0 Å². The van der Waals surface area contributed by atoms with Crippen molar-refractivity contribution in [1.82, 2.24) is 4.98 Å². The molecular weight excluding hydrogens is 120 g/mol. The molecule has 0 saturated heterocycles. The van der Waals surface area contributed by atoms with E-state index in [1.807, 2.05) is 12.1 Å². The van der Waals surface area contributed by atoms with Crippen molar-refractivity contribution in [3.05, 3.63) is 29.5 Å². The van der Waals surface area contributed by atoms with Crippen LogP contribution in [0, 0.1) is 0 Å². The Hall–Kier alpha value is -0.540. The minimum Gasteiger partial charge on any atom is -0.616 e. The molecule has 2 nitrogen and oxygen atoms in total. The Kier molecular flexibility index (Phi) is 1.88. The van der Waals surface area contributed by atoms with Gasteiger partial charge in [0.15, 0.2) is 0 Å². The molecule has 8 heavy (non-hydrogen) atoms. The molecule has 0 bridgehead atoms. The minimum absolute atomic E-state index is 0.743. The van der Waals surface area contributed by atoms with Crippen LogP contribution in [0.5, 0.6) is 0 Å². The molecule has 0 fully saturated rings. The van der Waals surface area contributed by atoms with Crippen molar-refractivity contribution in [3.63, 3.8) is 0 Å². The number of nitrogens with zero attached hydrogens (tertiary/aromatic N) is 1. The Morgan fingerprint density at radius 3 is 2.75 bits per heavy atom. The molecule has 0 spiro atoms. The Morgan fingerprint density at radius 1 is 1.50 bits per heavy atom. The molecule has 0 unspecified atom stereocenters. The Morgan fingerprint density at radius 2 is 2.38 bits per heavy atom. The fraction of sp³-hybridized carbons (Fsp3) is 0. The molecule has 0 aromatic carbocycles. The minimum atomic E-state index is 0.743. The fourth-order valence-electron chi connectivity index (χ4n) is 0.407. The highest BCUT2D eigenvalue weighted by atomic mass is 32.2. The average Bonchev–Trinajstić information content (AvgIpc) is 1.90. The van der Waals surface area contributed by atoms with Gasteiger partial charge in [-0.15, -0.1) is 0 Å². The van der Waals surface area contributed by atoms with Crippen molar-refractivity contribution in [3.8, 4) is 0 Å². The zero-order chi connectivity index (χ0) is 5.82. The van der Waals surface area contributed by atoms with Crippen LogP contribution in [-0.2, 0) is 0 Å². The van der Waals surface area contributed by atoms with Crippen LogP contribution < -0.4 is 0 Å². The van der Waals surface area contributed by atoms with E-state index in [2.05, 4.69) is 4.98 Å². The monoisotopic (exact) mass is 125 g/mol. The van der Waals surface area contributed by atoms with Gasteiger partial charge in [0.2, 0.25) is 0 Å². The van der Waals surface area contributed by atoms with Crippen molar-refractivity contribution < 1.29 is 0 Å². The van der Waals surface area contributed by atoms with E-state index in [-0.39, 0.29) is 0 Å². The van der Waals surface area contributed by atoms with Crippen LogP contribution in [0.3, 0.4) is 0 Å². The molecule has 0 atom stereocenters. The second-order valence-corrected chi connectivity index (χ2v) is 1.89. The second kappa shape index (κ2) is 2.69. The van der Waals surface area contributed by atoms with E-state index < -0.39 is 0 Å². The maximum Gasteiger partial charge on any atom is 0.0757 e. The lowest BCUT2D eigenvalue weighted by Gasteiger charge is -1.97. The van der Waals surface area contributed by atoms with Gasteiger partial charge in [0.1, 0.15) is 0 Å². The molecule has 42 valence electrons. The number of nitrogens with one attached hydrogen (secondary N) is 1. The zero-order valence-electron chi connectivity index (χ0n) is 4.16. The van der Waals surface area contributed by atoms with E-state index in [1.54, 1.807) is 12.3 Å². The predicted molar refractivity (Wildman–Crippen MR) is 34.4 cm³/mol. The van der Waals surface area contributed by atoms with Gasteiger partial charge in [-0.1, -0.05) is 6.07 Å². The molecule has 0 aliphatic rings. The molecule has 3 heteroatoms. The number of hydrogen-bond donors (Lipinski definition) is 0. The third-order valence-electron chi connectivity index (χ3n) is 0.742.